The first kappa shape index (κ1) is 24.8. The van der Waals surface area contributed by atoms with Crippen LogP contribution in [-0.4, -0.2) is 9.97 Å². The molecule has 0 bridgehead atoms. The van der Waals surface area contributed by atoms with Crippen LogP contribution in [0.3, 0.4) is 0 Å². The highest BCUT2D eigenvalue weighted by Gasteiger charge is 2.13. The second-order valence-electron chi connectivity index (χ2n) is 11.8. The van der Waals surface area contributed by atoms with Crippen LogP contribution in [0.5, 0.6) is 0 Å². The van der Waals surface area contributed by atoms with Crippen molar-refractivity contribution in [3.63, 3.8) is 0 Å². The van der Waals surface area contributed by atoms with Crippen molar-refractivity contribution in [3.05, 3.63) is 146 Å². The van der Waals surface area contributed by atoms with Crippen LogP contribution >= 0.6 is 11.3 Å². The largest absolute Gasteiger partial charge is 0.254 e. The van der Waals surface area contributed by atoms with E-state index in [1.165, 1.54) is 63.6 Å². The zero-order chi connectivity index (χ0) is 29.5. The van der Waals surface area contributed by atoms with Crippen LogP contribution in [-0.2, 0) is 0 Å². The van der Waals surface area contributed by atoms with Crippen LogP contribution in [0.25, 0.3) is 96.7 Å². The van der Waals surface area contributed by atoms with Gasteiger partial charge in [0.05, 0.1) is 16.7 Å². The number of nitrogens with zero attached hydrogens (tertiary/aromatic N) is 2. The number of aromatic nitrogens is 2. The lowest BCUT2D eigenvalue weighted by Crippen LogP contribution is -1.88. The van der Waals surface area contributed by atoms with Gasteiger partial charge in [0, 0.05) is 42.7 Å². The first-order valence-corrected chi connectivity index (χ1v) is 16.0. The molecule has 0 fully saturated rings. The van der Waals surface area contributed by atoms with Crippen molar-refractivity contribution in [1.82, 2.24) is 9.97 Å². The molecule has 3 aromatic heterocycles. The van der Waals surface area contributed by atoms with E-state index < -0.39 is 0 Å². The van der Waals surface area contributed by atoms with E-state index in [9.17, 15) is 0 Å². The number of fused-ring (bicyclic) bond motifs is 12. The summed E-state index contributed by atoms with van der Waals surface area (Å²) >= 11 is 1.85. The van der Waals surface area contributed by atoms with Crippen molar-refractivity contribution in [1.29, 1.82) is 0 Å². The van der Waals surface area contributed by atoms with E-state index in [1.807, 2.05) is 23.6 Å². The Bertz CT molecular complexity index is 2790. The molecule has 7 aromatic carbocycles. The van der Waals surface area contributed by atoms with Gasteiger partial charge in [0.15, 0.2) is 0 Å². The van der Waals surface area contributed by atoms with Crippen molar-refractivity contribution in [2.24, 2.45) is 0 Å². The lowest BCUT2D eigenvalue weighted by atomic mass is 9.92. The summed E-state index contributed by atoms with van der Waals surface area (Å²) in [6.07, 6.45) is 1.84. The van der Waals surface area contributed by atoms with E-state index in [-0.39, 0.29) is 0 Å². The number of pyridine rings is 2. The lowest BCUT2D eigenvalue weighted by Gasteiger charge is -2.12. The van der Waals surface area contributed by atoms with Crippen molar-refractivity contribution in [2.45, 2.75) is 0 Å². The van der Waals surface area contributed by atoms with Gasteiger partial charge in [-0.3, -0.25) is 4.98 Å². The SMILES string of the molecule is c1cnc2c(c1)ccc1ccc(-c3ccc4c(c3)sc3cc(-c5ccc6c7ccccc7c7ccccc7c6c5)ccc34)nc12. The van der Waals surface area contributed by atoms with Crippen LogP contribution in [0, 0.1) is 0 Å². The van der Waals surface area contributed by atoms with Crippen molar-refractivity contribution < 1.29 is 0 Å². The minimum Gasteiger partial charge on any atom is -0.254 e. The first-order valence-electron chi connectivity index (χ1n) is 15.2. The van der Waals surface area contributed by atoms with Gasteiger partial charge in [-0.15, -0.1) is 11.3 Å². The fourth-order valence-electron chi connectivity index (χ4n) is 7.09. The summed E-state index contributed by atoms with van der Waals surface area (Å²) < 4.78 is 2.57. The maximum Gasteiger partial charge on any atom is 0.0972 e. The molecule has 0 spiro atoms. The smallest absolute Gasteiger partial charge is 0.0972 e. The summed E-state index contributed by atoms with van der Waals surface area (Å²) in [5.74, 6) is 0. The van der Waals surface area contributed by atoms with Gasteiger partial charge in [0.2, 0.25) is 0 Å². The summed E-state index contributed by atoms with van der Waals surface area (Å²) in [6.45, 7) is 0. The third-order valence-corrected chi connectivity index (χ3v) is 10.4. The van der Waals surface area contributed by atoms with Crippen LogP contribution < -0.4 is 0 Å². The number of rotatable bonds is 2. The van der Waals surface area contributed by atoms with Crippen LogP contribution in [0.15, 0.2) is 146 Å². The Kier molecular flexibility index (Phi) is 5.19. The highest BCUT2D eigenvalue weighted by atomic mass is 32.1. The average Bonchev–Trinajstić information content (AvgIpc) is 3.48. The summed E-state index contributed by atoms with van der Waals surface area (Å²) in [4.78, 5) is 9.74. The summed E-state index contributed by atoms with van der Waals surface area (Å²) in [6, 6.07) is 50.8. The van der Waals surface area contributed by atoms with Crippen molar-refractivity contribution in [2.75, 3.05) is 0 Å². The minimum absolute atomic E-state index is 0.946. The van der Waals surface area contributed by atoms with Crippen LogP contribution in [0.1, 0.15) is 0 Å². The summed E-state index contributed by atoms with van der Waals surface area (Å²) in [7, 11) is 0. The summed E-state index contributed by atoms with van der Waals surface area (Å²) in [5, 5.41) is 12.6. The lowest BCUT2D eigenvalue weighted by molar-refractivity contribution is 1.37. The quantitative estimate of drug-likeness (QED) is 0.188. The predicted molar refractivity (Wildman–Crippen MR) is 193 cm³/mol. The first-order chi connectivity index (χ1) is 22.3. The van der Waals surface area contributed by atoms with E-state index in [2.05, 4.69) is 138 Å². The molecule has 0 aliphatic heterocycles. The molecule has 0 N–H and O–H groups in total. The molecule has 2 nitrogen and oxygen atoms in total. The third kappa shape index (κ3) is 3.75. The Morgan fingerprint density at radius 2 is 0.911 bits per heavy atom. The van der Waals surface area contributed by atoms with E-state index in [1.54, 1.807) is 0 Å². The summed E-state index contributed by atoms with van der Waals surface area (Å²) in [5.41, 5.74) is 6.47. The third-order valence-electron chi connectivity index (χ3n) is 9.28. The van der Waals surface area contributed by atoms with Gasteiger partial charge >= 0.3 is 0 Å². The molecular formula is C42H24N2S. The Balaban J connectivity index is 1.10. The second kappa shape index (κ2) is 9.43. The van der Waals surface area contributed by atoms with Gasteiger partial charge in [-0.05, 0) is 73.8 Å². The van der Waals surface area contributed by atoms with Crippen molar-refractivity contribution in [3.8, 4) is 22.4 Å². The standard InChI is InChI=1S/C42H24N2S/c1-2-9-32-30(7-1)31-8-3-4-10-33(31)37-22-27(13-17-34(32)37)28-14-18-35-36-19-15-29(24-40(36)45-39(35)23-28)38-20-16-26-12-11-25-6-5-21-43-41(25)42(26)44-38/h1-24H. The number of hydrogen-bond donors (Lipinski definition) is 0. The minimum atomic E-state index is 0.946. The molecule has 0 amide bonds. The molecule has 0 saturated heterocycles. The second-order valence-corrected chi connectivity index (χ2v) is 12.9. The van der Waals surface area contributed by atoms with Gasteiger partial charge in [-0.1, -0.05) is 109 Å². The van der Waals surface area contributed by atoms with Gasteiger partial charge < -0.3 is 0 Å². The monoisotopic (exact) mass is 588 g/mol. The maximum atomic E-state index is 5.10. The van der Waals surface area contributed by atoms with Crippen LogP contribution in [0.2, 0.25) is 0 Å². The Morgan fingerprint density at radius 1 is 0.378 bits per heavy atom. The Labute approximate surface area is 262 Å². The average molecular weight is 589 g/mol. The molecule has 0 unspecified atom stereocenters. The number of hydrogen-bond acceptors (Lipinski definition) is 3. The number of benzene rings is 7. The van der Waals surface area contributed by atoms with Crippen LogP contribution in [0.4, 0.5) is 0 Å². The van der Waals surface area contributed by atoms with E-state index >= 15 is 0 Å². The fourth-order valence-corrected chi connectivity index (χ4v) is 8.27. The molecular weight excluding hydrogens is 565 g/mol. The Morgan fingerprint density at radius 3 is 1.62 bits per heavy atom. The maximum absolute atomic E-state index is 5.10. The van der Waals surface area contributed by atoms with E-state index in [0.717, 1.165) is 33.1 Å². The molecule has 0 aliphatic carbocycles. The predicted octanol–water partition coefficient (Wildman–Crippen LogP) is 11.9. The van der Waals surface area contributed by atoms with Gasteiger partial charge in [-0.25, -0.2) is 4.98 Å². The van der Waals surface area contributed by atoms with Gasteiger partial charge in [0.25, 0.3) is 0 Å². The highest BCUT2D eigenvalue weighted by molar-refractivity contribution is 7.25. The van der Waals surface area contributed by atoms with Crippen molar-refractivity contribution >= 4 is 85.6 Å². The van der Waals surface area contributed by atoms with Gasteiger partial charge in [-0.2, -0.15) is 0 Å². The zero-order valence-electron chi connectivity index (χ0n) is 24.2. The molecule has 0 radical (unpaired) electrons. The van der Waals surface area contributed by atoms with E-state index in [4.69, 9.17) is 4.98 Å². The molecule has 45 heavy (non-hydrogen) atoms. The molecule has 3 heterocycles. The molecule has 10 aromatic rings. The molecule has 3 heteroatoms. The molecule has 0 atom stereocenters. The fraction of sp³-hybridized carbons (Fsp3) is 0. The highest BCUT2D eigenvalue weighted by Crippen LogP contribution is 2.41. The normalized spacial score (nSPS) is 12.0. The topological polar surface area (TPSA) is 25.8 Å². The Hall–Kier alpha value is -5.64. The molecule has 0 aliphatic rings. The molecule has 0 saturated carbocycles. The zero-order valence-corrected chi connectivity index (χ0v) is 25.0. The number of thiophene rings is 1. The van der Waals surface area contributed by atoms with E-state index in [0.29, 0.717) is 0 Å². The molecule has 208 valence electrons. The molecule has 10 rings (SSSR count). The van der Waals surface area contributed by atoms with Gasteiger partial charge in [0.1, 0.15) is 0 Å².